The minimum Gasteiger partial charge on any atom is -0.456 e. The van der Waals surface area contributed by atoms with Crippen molar-refractivity contribution in [2.24, 2.45) is 0 Å². The van der Waals surface area contributed by atoms with Gasteiger partial charge in [0.2, 0.25) is 0 Å². The Kier molecular flexibility index (Phi) is 3.41. The van der Waals surface area contributed by atoms with Crippen molar-refractivity contribution in [1.29, 1.82) is 0 Å². The highest BCUT2D eigenvalue weighted by atomic mass is 16.3. The zero-order valence-electron chi connectivity index (χ0n) is 49.2. The van der Waals surface area contributed by atoms with Crippen LogP contribution in [0, 0.1) is 0 Å². The number of rotatable bonds is 4. The molecule has 246 valence electrons. The smallest absolute Gasteiger partial charge is 0.136 e. The van der Waals surface area contributed by atoms with Crippen LogP contribution in [0.15, 0.2) is 198 Å². The Labute approximate surface area is 337 Å². The van der Waals surface area contributed by atoms with Crippen LogP contribution >= 0.6 is 0 Å². The fourth-order valence-electron chi connectivity index (χ4n) is 7.06. The van der Waals surface area contributed by atoms with E-state index in [1.807, 2.05) is 0 Å². The Hall–Kier alpha value is -6.96. The summed E-state index contributed by atoms with van der Waals surface area (Å²) in [5.74, 6) is 0. The van der Waals surface area contributed by atoms with Crippen LogP contribution in [0.25, 0.3) is 110 Å². The average molecular weight is 695 g/mol. The summed E-state index contributed by atoms with van der Waals surface area (Å²) in [5.41, 5.74) is 1.01. The van der Waals surface area contributed by atoms with Crippen molar-refractivity contribution in [2.75, 3.05) is 0 Å². The molecule has 10 aromatic carbocycles. The van der Waals surface area contributed by atoms with Crippen LogP contribution in [-0.2, 0) is 0 Å². The Bertz CT molecular complexity index is 4420. The van der Waals surface area contributed by atoms with Gasteiger partial charge in [0.05, 0.1) is 30.2 Å². The fraction of sp³-hybridized carbons (Fsp3) is 0. The summed E-state index contributed by atoms with van der Waals surface area (Å²) in [7, 11) is 0. The van der Waals surface area contributed by atoms with Crippen LogP contribution in [0.3, 0.4) is 0 Å². The Morgan fingerprint density at radius 1 is 0.358 bits per heavy atom. The second-order valence-corrected chi connectivity index (χ2v) is 12.3. The van der Waals surface area contributed by atoms with E-state index in [2.05, 4.69) is 0 Å². The second kappa shape index (κ2) is 11.8. The highest BCUT2D eigenvalue weighted by Gasteiger charge is 2.19. The molecule has 1 heterocycles. The number of benzene rings is 10. The number of furan rings is 1. The predicted molar refractivity (Wildman–Crippen MR) is 225 cm³/mol. The lowest BCUT2D eigenvalue weighted by atomic mass is 9.85. The quantitative estimate of drug-likeness (QED) is 0.167. The minimum atomic E-state index is -0.801. The van der Waals surface area contributed by atoms with Crippen LogP contribution in [-0.4, -0.2) is 0 Å². The third-order valence-corrected chi connectivity index (χ3v) is 9.37. The van der Waals surface area contributed by atoms with E-state index in [9.17, 15) is 9.60 Å². The fourth-order valence-corrected chi connectivity index (χ4v) is 7.06. The predicted octanol–water partition coefficient (Wildman–Crippen LogP) is 14.9. The first-order valence-electron chi connectivity index (χ1n) is 27.5. The third-order valence-electron chi connectivity index (χ3n) is 9.37. The molecule has 11 aromatic rings. The molecule has 53 heavy (non-hydrogen) atoms. The van der Waals surface area contributed by atoms with Crippen LogP contribution in [0.2, 0.25) is 0 Å². The Morgan fingerprint density at radius 2 is 0.906 bits per heavy atom. The largest absolute Gasteiger partial charge is 0.456 e. The Balaban J connectivity index is 1.23. The first kappa shape index (κ1) is 15.3. The summed E-state index contributed by atoms with van der Waals surface area (Å²) in [6.45, 7) is 0. The van der Waals surface area contributed by atoms with Gasteiger partial charge in [0.25, 0.3) is 0 Å². The molecule has 11 rings (SSSR count). The maximum Gasteiger partial charge on any atom is 0.136 e. The zero-order chi connectivity index (χ0) is 54.0. The van der Waals surface area contributed by atoms with Gasteiger partial charge < -0.3 is 4.42 Å². The zero-order valence-corrected chi connectivity index (χ0v) is 27.2. The molecule has 1 aromatic heterocycles. The molecule has 1 nitrogen and oxygen atoms in total. The van der Waals surface area contributed by atoms with E-state index in [0.717, 1.165) is 0 Å². The van der Waals surface area contributed by atoms with Crippen molar-refractivity contribution in [3.05, 3.63) is 194 Å². The van der Waals surface area contributed by atoms with E-state index in [1.54, 1.807) is 60.7 Å². The van der Waals surface area contributed by atoms with Crippen molar-refractivity contribution < 1.29 is 34.6 Å². The minimum absolute atomic E-state index is 0.0632. The lowest BCUT2D eigenvalue weighted by Crippen LogP contribution is -1.91. The van der Waals surface area contributed by atoms with Crippen LogP contribution in [0.1, 0.15) is 30.2 Å². The van der Waals surface area contributed by atoms with Gasteiger partial charge in [-0.25, -0.2) is 0 Å². The lowest BCUT2D eigenvalue weighted by molar-refractivity contribution is 0.669. The molecule has 0 aliphatic carbocycles. The molecule has 0 unspecified atom stereocenters. The van der Waals surface area contributed by atoms with Crippen LogP contribution in [0.4, 0.5) is 0 Å². The molecule has 0 saturated heterocycles. The van der Waals surface area contributed by atoms with Crippen molar-refractivity contribution in [2.45, 2.75) is 0 Å². The highest BCUT2D eigenvalue weighted by molar-refractivity contribution is 6.22. The summed E-state index contributed by atoms with van der Waals surface area (Å²) >= 11 is 0. The summed E-state index contributed by atoms with van der Waals surface area (Å²) in [6.07, 6.45) is 0. The molecule has 0 bridgehead atoms. The number of fused-ring (bicyclic) bond motifs is 7. The normalized spacial score (nSPS) is 17.6. The van der Waals surface area contributed by atoms with Crippen molar-refractivity contribution in [1.82, 2.24) is 0 Å². The summed E-state index contributed by atoms with van der Waals surface area (Å²) in [5, 5.41) is -1.78. The molecular weight excluding hydrogens is 641 g/mol. The SMILES string of the molecule is [2H]c1c([2H])c([2H])c2c([2H])c(-c3ccc4oc5cccc(-c6cccc(-c7c8c([2H])c([2H])c([2H])c([2H])c8c(-c8c([2H])c([2H])c9c([2H])c([2H])c([2H])c([2H])c9c8[2H])c8c([2H])c([2H])c([2H])c([2H])c78)c6)c5c4c3)c([2H])c([2H])c2c1[2H]. The molecule has 0 amide bonds. The topological polar surface area (TPSA) is 13.1 Å². The first-order chi connectivity index (χ1) is 35.4. The van der Waals surface area contributed by atoms with E-state index in [4.69, 9.17) is 25.0 Å². The molecule has 0 radical (unpaired) electrons. The molecule has 0 aliphatic heterocycles. The van der Waals surface area contributed by atoms with Gasteiger partial charge in [-0.15, -0.1) is 0 Å². The maximum atomic E-state index is 9.52. The van der Waals surface area contributed by atoms with Crippen molar-refractivity contribution in [3.8, 4) is 44.5 Å². The molecule has 0 N–H and O–H groups in total. The standard InChI is InChI=1S/C52H32O/c1-3-13-35-29-37(25-23-33(35)11-1)38-27-28-48-47(32-38)52-42(21-10-22-49(52)53-48)39-15-9-16-40(31-39)50-43-17-5-7-19-45(43)51(46-20-8-6-18-44(46)50)41-26-24-34-12-2-4-14-36(34)30-41/h1-32H/i1D,2D,3D,4D,5D,6D,7D,8D,11D,12D,13D,14D,17D,18D,19D,20D,23D,24D,25D,26D,29D,30D. The van der Waals surface area contributed by atoms with E-state index < -0.39 is 160 Å². The molecule has 0 saturated carbocycles. The molecule has 0 aliphatic rings. The van der Waals surface area contributed by atoms with E-state index in [1.165, 1.54) is 0 Å². The number of hydrogen-bond acceptors (Lipinski definition) is 1. The van der Waals surface area contributed by atoms with Crippen LogP contribution in [0.5, 0.6) is 0 Å². The molecule has 1 heteroatoms. The Morgan fingerprint density at radius 3 is 1.58 bits per heavy atom. The van der Waals surface area contributed by atoms with E-state index >= 15 is 0 Å². The van der Waals surface area contributed by atoms with E-state index in [0.29, 0.717) is 33.1 Å². The van der Waals surface area contributed by atoms with Gasteiger partial charge in [0.1, 0.15) is 11.2 Å². The molecule has 0 fully saturated rings. The highest BCUT2D eigenvalue weighted by Crippen LogP contribution is 2.45. The van der Waals surface area contributed by atoms with Gasteiger partial charge in [-0.2, -0.15) is 0 Å². The van der Waals surface area contributed by atoms with Crippen LogP contribution < -0.4 is 0 Å². The van der Waals surface area contributed by atoms with Gasteiger partial charge in [-0.05, 0) is 124 Å². The van der Waals surface area contributed by atoms with Gasteiger partial charge >= 0.3 is 0 Å². The summed E-state index contributed by atoms with van der Waals surface area (Å²) < 4.78 is 202. The molecule has 0 atom stereocenters. The second-order valence-electron chi connectivity index (χ2n) is 12.3. The van der Waals surface area contributed by atoms with E-state index in [-0.39, 0.29) is 49.8 Å². The summed E-state index contributed by atoms with van der Waals surface area (Å²) in [4.78, 5) is 0. The van der Waals surface area contributed by atoms with Gasteiger partial charge in [-0.3, -0.25) is 0 Å². The third kappa shape index (κ3) is 4.79. The lowest BCUT2D eigenvalue weighted by Gasteiger charge is -2.18. The van der Waals surface area contributed by atoms with Gasteiger partial charge in [0, 0.05) is 10.8 Å². The van der Waals surface area contributed by atoms with Crippen molar-refractivity contribution in [3.63, 3.8) is 0 Å². The first-order valence-corrected chi connectivity index (χ1v) is 16.5. The number of hydrogen-bond donors (Lipinski definition) is 0. The maximum absolute atomic E-state index is 9.52. The van der Waals surface area contributed by atoms with Gasteiger partial charge in [0.15, 0.2) is 0 Å². The average Bonchev–Trinajstić information content (AvgIpc) is 3.78. The van der Waals surface area contributed by atoms with Gasteiger partial charge in [-0.1, -0.05) is 157 Å². The molecular formula is C52H32O. The summed E-state index contributed by atoms with van der Waals surface area (Å²) in [6, 6.07) is 1.99. The van der Waals surface area contributed by atoms with Crippen molar-refractivity contribution >= 4 is 65.0 Å². The molecule has 0 spiro atoms. The monoisotopic (exact) mass is 694 g/mol.